The van der Waals surface area contributed by atoms with Crippen LogP contribution in [0.15, 0.2) is 48.5 Å². The summed E-state index contributed by atoms with van der Waals surface area (Å²) >= 11 is 0. The minimum atomic E-state index is -1.47. The molecule has 1 amide bonds. The summed E-state index contributed by atoms with van der Waals surface area (Å²) in [4.78, 5) is 13.3. The average Bonchev–Trinajstić information content (AvgIpc) is 3.64. The Balaban J connectivity index is 1.55. The predicted molar refractivity (Wildman–Crippen MR) is 116 cm³/mol. The Morgan fingerprint density at radius 2 is 1.79 bits per heavy atom. The van der Waals surface area contributed by atoms with E-state index in [0.29, 0.717) is 16.7 Å². The second-order valence-corrected chi connectivity index (χ2v) is 8.71. The first-order valence-electron chi connectivity index (χ1n) is 11.1. The van der Waals surface area contributed by atoms with Gasteiger partial charge in [0.05, 0.1) is 37.1 Å². The summed E-state index contributed by atoms with van der Waals surface area (Å²) in [5.74, 6) is -0.824. The first-order chi connectivity index (χ1) is 15.9. The molecule has 0 heterocycles. The van der Waals surface area contributed by atoms with Crippen LogP contribution in [0.4, 0.5) is 4.39 Å². The van der Waals surface area contributed by atoms with Gasteiger partial charge in [0, 0.05) is 24.4 Å². The number of nitrogens with one attached hydrogen (secondary N) is 1. The van der Waals surface area contributed by atoms with Gasteiger partial charge in [-0.2, -0.15) is 5.26 Å². The van der Waals surface area contributed by atoms with E-state index in [0.717, 1.165) is 12.8 Å². The van der Waals surface area contributed by atoms with E-state index < -0.39 is 29.7 Å². The van der Waals surface area contributed by atoms with Gasteiger partial charge in [0.15, 0.2) is 5.60 Å². The van der Waals surface area contributed by atoms with Crippen LogP contribution < -0.4 is 5.32 Å². The van der Waals surface area contributed by atoms with Gasteiger partial charge < -0.3 is 25.0 Å². The zero-order valence-corrected chi connectivity index (χ0v) is 18.1. The Morgan fingerprint density at radius 3 is 2.48 bits per heavy atom. The van der Waals surface area contributed by atoms with E-state index in [2.05, 4.69) is 11.4 Å². The van der Waals surface area contributed by atoms with Crippen molar-refractivity contribution in [3.05, 3.63) is 71.0 Å². The molecule has 7 nitrogen and oxygen atoms in total. The number of carbonyl (C=O) groups is 1. The van der Waals surface area contributed by atoms with Crippen molar-refractivity contribution in [3.8, 4) is 6.07 Å². The Kier molecular flexibility index (Phi) is 7.05. The fourth-order valence-corrected chi connectivity index (χ4v) is 4.09. The van der Waals surface area contributed by atoms with Crippen LogP contribution >= 0.6 is 0 Å². The molecule has 33 heavy (non-hydrogen) atoms. The van der Waals surface area contributed by atoms with Crippen LogP contribution in [0.3, 0.4) is 0 Å². The smallest absolute Gasteiger partial charge is 0.252 e. The number of halogens is 1. The summed E-state index contributed by atoms with van der Waals surface area (Å²) in [5.41, 5.74) is -0.118. The Bertz CT molecular complexity index is 1040. The zero-order valence-electron chi connectivity index (χ0n) is 18.1. The summed E-state index contributed by atoms with van der Waals surface area (Å²) in [7, 11) is 0. The molecule has 2 saturated carbocycles. The fourth-order valence-electron chi connectivity index (χ4n) is 4.09. The molecule has 4 atom stereocenters. The van der Waals surface area contributed by atoms with E-state index in [1.807, 2.05) is 0 Å². The number of hydrogen-bond donors (Lipinski definition) is 3. The summed E-state index contributed by atoms with van der Waals surface area (Å²) in [6.45, 7) is -0.149. The number of amides is 1. The Labute approximate surface area is 191 Å². The fraction of sp³-hybridized carbons (Fsp3) is 0.440. The Hall–Kier alpha value is -2.83. The molecule has 2 aliphatic carbocycles. The third kappa shape index (κ3) is 5.40. The summed E-state index contributed by atoms with van der Waals surface area (Å²) in [6.07, 6.45) is -1.89. The lowest BCUT2D eigenvalue weighted by Gasteiger charge is -2.44. The van der Waals surface area contributed by atoms with Crippen molar-refractivity contribution in [1.82, 2.24) is 5.32 Å². The molecule has 3 N–H and O–H groups in total. The number of rotatable bonds is 8. The van der Waals surface area contributed by atoms with E-state index in [9.17, 15) is 24.7 Å². The van der Waals surface area contributed by atoms with Crippen LogP contribution in [0.25, 0.3) is 0 Å². The molecule has 2 aliphatic rings. The number of benzene rings is 2. The van der Waals surface area contributed by atoms with E-state index in [1.54, 1.807) is 42.5 Å². The van der Waals surface area contributed by atoms with E-state index in [4.69, 9.17) is 9.47 Å². The highest BCUT2D eigenvalue weighted by atomic mass is 19.1. The average molecular weight is 454 g/mol. The minimum absolute atomic E-state index is 0.0209. The third-order valence-corrected chi connectivity index (χ3v) is 6.22. The quantitative estimate of drug-likeness (QED) is 0.565. The molecule has 4 rings (SSSR count). The van der Waals surface area contributed by atoms with Gasteiger partial charge in [0.2, 0.25) is 0 Å². The summed E-state index contributed by atoms with van der Waals surface area (Å²) in [6, 6.07) is 15.2. The summed E-state index contributed by atoms with van der Waals surface area (Å²) < 4.78 is 25.9. The number of carbonyl (C=O) groups excluding carboxylic acids is 1. The van der Waals surface area contributed by atoms with Crippen LogP contribution in [0.2, 0.25) is 0 Å². The standard InChI is InChI=1S/C25H27FN2O5/c26-20-8-4-3-7-18(20)14-32-22-12-25(11-21(29)23(22)30,24(31)28-19-9-10-19)33-15-17-6-2-1-5-16(17)13-27/h1-8,19,21-23,29-30H,9-12,14-15H2,(H,28,31)/t21-,22?,23-,25+/m1/s1. The molecule has 0 radical (unpaired) electrons. The van der Waals surface area contributed by atoms with Gasteiger partial charge in [-0.15, -0.1) is 0 Å². The normalized spacial score (nSPS) is 27.0. The lowest BCUT2D eigenvalue weighted by Crippen LogP contribution is -2.61. The minimum Gasteiger partial charge on any atom is -0.390 e. The second kappa shape index (κ2) is 9.98. The molecule has 0 bridgehead atoms. The Morgan fingerprint density at radius 1 is 1.09 bits per heavy atom. The number of nitrogens with zero attached hydrogens (tertiary/aromatic N) is 1. The third-order valence-electron chi connectivity index (χ3n) is 6.22. The van der Waals surface area contributed by atoms with Gasteiger partial charge in [-0.05, 0) is 30.5 Å². The molecular formula is C25H27FN2O5. The van der Waals surface area contributed by atoms with Crippen molar-refractivity contribution in [2.24, 2.45) is 0 Å². The molecule has 0 aromatic heterocycles. The topological polar surface area (TPSA) is 112 Å². The first-order valence-corrected chi connectivity index (χ1v) is 11.1. The van der Waals surface area contributed by atoms with Gasteiger partial charge in [0.25, 0.3) is 5.91 Å². The van der Waals surface area contributed by atoms with Crippen LogP contribution in [0, 0.1) is 17.1 Å². The van der Waals surface area contributed by atoms with Gasteiger partial charge in [0.1, 0.15) is 11.9 Å². The van der Waals surface area contributed by atoms with Crippen molar-refractivity contribution < 1.29 is 28.9 Å². The maximum absolute atomic E-state index is 14.0. The van der Waals surface area contributed by atoms with Gasteiger partial charge in [-0.1, -0.05) is 36.4 Å². The molecule has 1 unspecified atom stereocenters. The highest BCUT2D eigenvalue weighted by Gasteiger charge is 2.52. The van der Waals surface area contributed by atoms with E-state index in [-0.39, 0.29) is 38.0 Å². The number of ether oxygens (including phenoxy) is 2. The number of aliphatic hydroxyl groups is 2. The molecule has 2 fully saturated rings. The molecule has 174 valence electrons. The molecule has 2 aromatic carbocycles. The van der Waals surface area contributed by atoms with Crippen LogP contribution in [-0.2, 0) is 27.5 Å². The van der Waals surface area contributed by atoms with Crippen LogP contribution in [-0.4, -0.2) is 46.1 Å². The zero-order chi connectivity index (χ0) is 23.4. The van der Waals surface area contributed by atoms with Crippen molar-refractivity contribution in [2.45, 2.75) is 68.9 Å². The maximum Gasteiger partial charge on any atom is 0.252 e. The van der Waals surface area contributed by atoms with E-state index in [1.165, 1.54) is 6.07 Å². The first kappa shape index (κ1) is 23.3. The lowest BCUT2D eigenvalue weighted by molar-refractivity contribution is -0.200. The van der Waals surface area contributed by atoms with Crippen molar-refractivity contribution in [3.63, 3.8) is 0 Å². The highest BCUT2D eigenvalue weighted by Crippen LogP contribution is 2.37. The number of nitriles is 1. The lowest BCUT2D eigenvalue weighted by atomic mass is 9.78. The van der Waals surface area contributed by atoms with Crippen LogP contribution in [0.1, 0.15) is 42.4 Å². The van der Waals surface area contributed by atoms with Gasteiger partial charge >= 0.3 is 0 Å². The molecule has 2 aromatic rings. The predicted octanol–water partition coefficient (Wildman–Crippen LogP) is 2.33. The second-order valence-electron chi connectivity index (χ2n) is 8.71. The summed E-state index contributed by atoms with van der Waals surface area (Å²) in [5, 5.41) is 33.5. The molecular weight excluding hydrogens is 427 g/mol. The van der Waals surface area contributed by atoms with Crippen molar-refractivity contribution >= 4 is 5.91 Å². The largest absolute Gasteiger partial charge is 0.390 e. The van der Waals surface area contributed by atoms with Gasteiger partial charge in [-0.25, -0.2) is 4.39 Å². The number of hydrogen-bond acceptors (Lipinski definition) is 6. The SMILES string of the molecule is N#Cc1ccccc1CO[C@]1(C(=O)NC2CC2)CC(OCc2ccccc2F)[C@H](O)[C@H](O)C1. The maximum atomic E-state index is 14.0. The molecule has 0 spiro atoms. The molecule has 0 aliphatic heterocycles. The number of aliphatic hydroxyl groups excluding tert-OH is 2. The van der Waals surface area contributed by atoms with E-state index >= 15 is 0 Å². The monoisotopic (exact) mass is 454 g/mol. The van der Waals surface area contributed by atoms with Crippen molar-refractivity contribution in [2.75, 3.05) is 0 Å². The van der Waals surface area contributed by atoms with Crippen molar-refractivity contribution in [1.29, 1.82) is 5.26 Å². The molecule has 8 heteroatoms. The van der Waals surface area contributed by atoms with Gasteiger partial charge in [-0.3, -0.25) is 4.79 Å². The highest BCUT2D eigenvalue weighted by molar-refractivity contribution is 5.86. The van der Waals surface area contributed by atoms with Crippen LogP contribution in [0.5, 0.6) is 0 Å². The molecule has 0 saturated heterocycles.